The van der Waals surface area contributed by atoms with Crippen molar-refractivity contribution in [3.8, 4) is 0 Å². The van der Waals surface area contributed by atoms with Gasteiger partial charge in [-0.3, -0.25) is 0 Å². The molecule has 0 aliphatic carbocycles. The van der Waals surface area contributed by atoms with E-state index in [9.17, 15) is 4.79 Å². The number of carbonyl (C=O) groups excluding carboxylic acids is 1. The summed E-state index contributed by atoms with van der Waals surface area (Å²) in [5.41, 5.74) is 0.377. The summed E-state index contributed by atoms with van der Waals surface area (Å²) in [5, 5.41) is 16.2. The van der Waals surface area contributed by atoms with Crippen molar-refractivity contribution in [1.29, 1.82) is 0 Å². The maximum Gasteiger partial charge on any atom is 0.340 e. The van der Waals surface area contributed by atoms with E-state index in [-0.39, 0.29) is 12.6 Å². The van der Waals surface area contributed by atoms with Gasteiger partial charge in [-0.25, -0.2) is 4.79 Å². The van der Waals surface area contributed by atoms with Crippen LogP contribution in [0.2, 0.25) is 0 Å². The summed E-state index contributed by atoms with van der Waals surface area (Å²) in [4.78, 5) is 17.9. The second kappa shape index (κ2) is 4.61. The van der Waals surface area contributed by atoms with Crippen LogP contribution in [0.5, 0.6) is 0 Å². The van der Waals surface area contributed by atoms with E-state index < -0.39 is 5.41 Å². The van der Waals surface area contributed by atoms with Crippen molar-refractivity contribution in [2.45, 2.75) is 40.7 Å². The Kier molecular flexibility index (Phi) is 3.64. The fourth-order valence-corrected chi connectivity index (χ4v) is 0.924. The lowest BCUT2D eigenvalue weighted by Gasteiger charge is -2.19. The first-order valence-corrected chi connectivity index (χ1v) is 5.17. The Hall–Kier alpha value is -1.43. The number of aliphatic hydroxyl groups excluding tert-OH is 1. The number of nitrogens with zero attached hydrogens (tertiary/aromatic N) is 3. The lowest BCUT2D eigenvalue weighted by Crippen LogP contribution is -2.34. The fourth-order valence-electron chi connectivity index (χ4n) is 0.924. The van der Waals surface area contributed by atoms with Crippen LogP contribution in [0.3, 0.4) is 0 Å². The van der Waals surface area contributed by atoms with Crippen LogP contribution in [0, 0.1) is 12.3 Å². The molecule has 90 valence electrons. The molecule has 6 heteroatoms. The summed E-state index contributed by atoms with van der Waals surface area (Å²) in [5.74, 6) is -0.368. The zero-order valence-electron chi connectivity index (χ0n) is 10.0. The van der Waals surface area contributed by atoms with Crippen molar-refractivity contribution >= 4 is 5.97 Å². The Morgan fingerprint density at radius 1 is 1.56 bits per heavy atom. The van der Waals surface area contributed by atoms with Gasteiger partial charge in [0, 0.05) is 0 Å². The summed E-state index contributed by atoms with van der Waals surface area (Å²) in [7, 11) is 0. The van der Waals surface area contributed by atoms with Crippen LogP contribution in [0.15, 0.2) is 0 Å². The number of rotatable bonds is 4. The largest absolute Gasteiger partial charge is 0.390 e. The highest BCUT2D eigenvalue weighted by Gasteiger charge is 2.29. The molecule has 0 bridgehead atoms. The molecule has 1 N–H and O–H groups in total. The molecule has 0 amide bonds. The smallest absolute Gasteiger partial charge is 0.340 e. The van der Waals surface area contributed by atoms with Gasteiger partial charge in [0.05, 0.1) is 12.0 Å². The van der Waals surface area contributed by atoms with Gasteiger partial charge in [0.25, 0.3) is 0 Å². The maximum atomic E-state index is 11.7. The lowest BCUT2D eigenvalue weighted by atomic mass is 9.91. The van der Waals surface area contributed by atoms with Gasteiger partial charge in [-0.15, -0.1) is 5.10 Å². The number of hydrogen-bond acceptors (Lipinski definition) is 5. The van der Waals surface area contributed by atoms with E-state index in [0.29, 0.717) is 17.8 Å². The van der Waals surface area contributed by atoms with Crippen LogP contribution in [-0.2, 0) is 11.4 Å². The lowest BCUT2D eigenvalue weighted by molar-refractivity contribution is -0.156. The van der Waals surface area contributed by atoms with Crippen LogP contribution < -0.4 is 4.84 Å². The molecule has 6 nitrogen and oxygen atoms in total. The normalized spacial score (nSPS) is 11.6. The predicted octanol–water partition coefficient (Wildman–Crippen LogP) is 0.470. The zero-order chi connectivity index (χ0) is 12.3. The predicted molar refractivity (Wildman–Crippen MR) is 56.3 cm³/mol. The van der Waals surface area contributed by atoms with Gasteiger partial charge < -0.3 is 9.94 Å². The Morgan fingerprint density at radius 2 is 2.19 bits per heavy atom. The molecule has 0 aromatic carbocycles. The van der Waals surface area contributed by atoms with Gasteiger partial charge in [0.1, 0.15) is 11.4 Å². The summed E-state index contributed by atoms with van der Waals surface area (Å²) < 4.78 is 0. The summed E-state index contributed by atoms with van der Waals surface area (Å²) in [6.45, 7) is 6.97. The first-order valence-electron chi connectivity index (χ1n) is 5.17. The van der Waals surface area contributed by atoms with E-state index in [1.54, 1.807) is 20.8 Å². The first-order chi connectivity index (χ1) is 7.42. The topological polar surface area (TPSA) is 77.2 Å². The van der Waals surface area contributed by atoms with Crippen molar-refractivity contribution in [1.82, 2.24) is 15.2 Å². The van der Waals surface area contributed by atoms with E-state index in [2.05, 4.69) is 10.3 Å². The van der Waals surface area contributed by atoms with E-state index >= 15 is 0 Å². The Bertz CT molecular complexity index is 385. The third-order valence-electron chi connectivity index (χ3n) is 2.71. The molecule has 1 rings (SSSR count). The third-order valence-corrected chi connectivity index (χ3v) is 2.71. The quantitative estimate of drug-likeness (QED) is 0.756. The average molecular weight is 227 g/mol. The minimum atomic E-state index is -0.558. The molecule has 0 aliphatic rings. The highest BCUT2D eigenvalue weighted by molar-refractivity contribution is 5.76. The average Bonchev–Trinajstić information content (AvgIpc) is 2.60. The van der Waals surface area contributed by atoms with Crippen LogP contribution >= 0.6 is 0 Å². The van der Waals surface area contributed by atoms with Crippen LogP contribution in [0.25, 0.3) is 0 Å². The van der Waals surface area contributed by atoms with Crippen LogP contribution in [0.4, 0.5) is 0 Å². The van der Waals surface area contributed by atoms with E-state index in [1.807, 2.05) is 6.92 Å². The molecule has 1 heterocycles. The molecule has 0 spiro atoms. The molecule has 0 fully saturated rings. The summed E-state index contributed by atoms with van der Waals surface area (Å²) >= 11 is 0. The van der Waals surface area contributed by atoms with Crippen molar-refractivity contribution in [3.05, 3.63) is 11.4 Å². The number of carbonyl (C=O) groups is 1. The van der Waals surface area contributed by atoms with Gasteiger partial charge in [0.15, 0.2) is 0 Å². The van der Waals surface area contributed by atoms with E-state index in [1.165, 1.54) is 0 Å². The molecule has 0 saturated carbocycles. The molecule has 1 aromatic rings. The Morgan fingerprint density at radius 3 is 2.62 bits per heavy atom. The summed E-state index contributed by atoms with van der Waals surface area (Å²) in [6, 6.07) is 0. The second-order valence-corrected chi connectivity index (χ2v) is 4.27. The third kappa shape index (κ3) is 2.38. The van der Waals surface area contributed by atoms with Crippen molar-refractivity contribution < 1.29 is 14.7 Å². The maximum absolute atomic E-state index is 11.7. The van der Waals surface area contributed by atoms with Crippen LogP contribution in [-0.4, -0.2) is 26.2 Å². The highest BCUT2D eigenvalue weighted by atomic mass is 16.7. The number of aromatic nitrogens is 3. The first kappa shape index (κ1) is 12.6. The SMILES string of the molecule is CCC(C)(C)C(=O)On1nnc(CO)c1C. The molecule has 16 heavy (non-hydrogen) atoms. The molecule has 0 radical (unpaired) electrons. The molecular formula is C10H17N3O3. The van der Waals surface area contributed by atoms with Crippen molar-refractivity contribution in [2.75, 3.05) is 0 Å². The van der Waals surface area contributed by atoms with Crippen LogP contribution in [0.1, 0.15) is 38.6 Å². The Labute approximate surface area is 94.2 Å². The molecule has 0 saturated heterocycles. The molecular weight excluding hydrogens is 210 g/mol. The number of hydrogen-bond donors (Lipinski definition) is 1. The minimum Gasteiger partial charge on any atom is -0.390 e. The summed E-state index contributed by atoms with van der Waals surface area (Å²) in [6.07, 6.45) is 0.673. The van der Waals surface area contributed by atoms with Gasteiger partial charge in [-0.2, -0.15) is 0 Å². The fraction of sp³-hybridized carbons (Fsp3) is 0.700. The van der Waals surface area contributed by atoms with Crippen molar-refractivity contribution in [3.63, 3.8) is 0 Å². The van der Waals surface area contributed by atoms with Gasteiger partial charge >= 0.3 is 5.97 Å². The molecule has 1 aromatic heterocycles. The van der Waals surface area contributed by atoms with Gasteiger partial charge in [0.2, 0.25) is 0 Å². The van der Waals surface area contributed by atoms with Gasteiger partial charge in [-0.1, -0.05) is 11.8 Å². The Balaban J connectivity index is 2.81. The molecule has 0 unspecified atom stereocenters. The van der Waals surface area contributed by atoms with Gasteiger partial charge in [-0.05, 0) is 32.4 Å². The van der Waals surface area contributed by atoms with E-state index in [0.717, 1.165) is 4.85 Å². The van der Waals surface area contributed by atoms with E-state index in [4.69, 9.17) is 9.94 Å². The molecule has 0 aliphatic heterocycles. The standard InChI is InChI=1S/C10H17N3O3/c1-5-10(3,4)9(15)16-13-7(2)8(6-14)11-12-13/h14H,5-6H2,1-4H3. The zero-order valence-corrected chi connectivity index (χ0v) is 10.0. The number of aliphatic hydroxyl groups is 1. The molecule has 0 atom stereocenters. The van der Waals surface area contributed by atoms with Crippen molar-refractivity contribution in [2.24, 2.45) is 5.41 Å². The second-order valence-electron chi connectivity index (χ2n) is 4.27. The monoisotopic (exact) mass is 227 g/mol. The highest BCUT2D eigenvalue weighted by Crippen LogP contribution is 2.20. The minimum absolute atomic E-state index is 0.222.